The highest BCUT2D eigenvalue weighted by atomic mass is 19.3. The molecule has 29 heavy (non-hydrogen) atoms. The molecule has 2 aromatic heterocycles. The van der Waals surface area contributed by atoms with E-state index in [9.17, 15) is 13.9 Å². The van der Waals surface area contributed by atoms with E-state index < -0.39 is 12.5 Å². The lowest BCUT2D eigenvalue weighted by Crippen LogP contribution is -2.27. The van der Waals surface area contributed by atoms with Gasteiger partial charge in [0.15, 0.2) is 0 Å². The molecule has 0 bridgehead atoms. The molecule has 152 valence electrons. The van der Waals surface area contributed by atoms with Gasteiger partial charge in [-0.05, 0) is 49.6 Å². The Labute approximate surface area is 166 Å². The molecule has 0 unspecified atom stereocenters. The van der Waals surface area contributed by atoms with Crippen molar-refractivity contribution in [2.75, 3.05) is 5.32 Å². The lowest BCUT2D eigenvalue weighted by Gasteiger charge is -2.27. The monoisotopic (exact) mass is 400 g/mol. The number of aliphatic hydroxyl groups excluding tert-OH is 1. The van der Waals surface area contributed by atoms with Crippen LogP contribution in [0.5, 0.6) is 0 Å². The average Bonchev–Trinajstić information content (AvgIpc) is 3.18. The predicted octanol–water partition coefficient (Wildman–Crippen LogP) is 4.20. The molecule has 3 aromatic rings. The molecule has 1 aromatic carbocycles. The number of aromatic nitrogens is 5. The minimum atomic E-state index is -2.66. The summed E-state index contributed by atoms with van der Waals surface area (Å²) >= 11 is 0. The number of rotatable bonds is 5. The lowest BCUT2D eigenvalue weighted by atomic mass is 9.93. The molecule has 1 fully saturated rings. The molecule has 2 N–H and O–H groups in total. The quantitative estimate of drug-likeness (QED) is 0.667. The van der Waals surface area contributed by atoms with Crippen molar-refractivity contribution in [3.63, 3.8) is 0 Å². The molecule has 7 nitrogen and oxygen atoms in total. The van der Waals surface area contributed by atoms with Gasteiger partial charge in [-0.3, -0.25) is 0 Å². The summed E-state index contributed by atoms with van der Waals surface area (Å²) in [6.07, 6.45) is 3.82. The molecule has 4 rings (SSSR count). The second-order valence-electron chi connectivity index (χ2n) is 7.32. The van der Waals surface area contributed by atoms with Crippen molar-refractivity contribution in [3.8, 4) is 11.3 Å². The van der Waals surface area contributed by atoms with E-state index >= 15 is 0 Å². The van der Waals surface area contributed by atoms with Gasteiger partial charge in [0, 0.05) is 17.4 Å². The molecule has 1 aliphatic carbocycles. The maximum atomic E-state index is 12.9. The largest absolute Gasteiger partial charge is 0.391 e. The highest BCUT2D eigenvalue weighted by Gasteiger charge is 2.25. The van der Waals surface area contributed by atoms with Crippen molar-refractivity contribution < 1.29 is 13.9 Å². The number of nitrogens with zero attached hydrogens (tertiary/aromatic N) is 5. The van der Waals surface area contributed by atoms with Crippen LogP contribution in [0.25, 0.3) is 11.3 Å². The molecule has 1 aliphatic rings. The fourth-order valence-corrected chi connectivity index (χ4v) is 3.66. The van der Waals surface area contributed by atoms with Crippen LogP contribution in [0.2, 0.25) is 0 Å². The molecular weight excluding hydrogens is 378 g/mol. The molecule has 0 radical (unpaired) electrons. The third-order valence-corrected chi connectivity index (χ3v) is 5.07. The van der Waals surface area contributed by atoms with Gasteiger partial charge in [0.1, 0.15) is 11.4 Å². The summed E-state index contributed by atoms with van der Waals surface area (Å²) in [5, 5.41) is 21.7. The molecule has 2 heterocycles. The Morgan fingerprint density at radius 1 is 1.21 bits per heavy atom. The second-order valence-corrected chi connectivity index (χ2v) is 7.32. The molecule has 0 spiro atoms. The first-order valence-corrected chi connectivity index (χ1v) is 9.59. The van der Waals surface area contributed by atoms with Gasteiger partial charge >= 0.3 is 0 Å². The van der Waals surface area contributed by atoms with Crippen molar-refractivity contribution in [3.05, 3.63) is 47.9 Å². The number of anilines is 2. The number of aliphatic hydroxyl groups is 1. The number of nitrogens with one attached hydrogen (secondary N) is 1. The SMILES string of the molecule is Cc1cc(Nc2nccc(C(F)F)n2)cc(-c2cn([C@@H]3CCCC[C@H]3O)nn2)c1. The first kappa shape index (κ1) is 19.4. The molecule has 1 saturated carbocycles. The zero-order valence-electron chi connectivity index (χ0n) is 16.0. The van der Waals surface area contributed by atoms with E-state index in [1.807, 2.05) is 31.3 Å². The zero-order chi connectivity index (χ0) is 20.4. The summed E-state index contributed by atoms with van der Waals surface area (Å²) in [6, 6.07) is 6.81. The maximum absolute atomic E-state index is 12.9. The second kappa shape index (κ2) is 8.20. The summed E-state index contributed by atoms with van der Waals surface area (Å²) < 4.78 is 27.5. The smallest absolute Gasteiger partial charge is 0.280 e. The predicted molar refractivity (Wildman–Crippen MR) is 104 cm³/mol. The fourth-order valence-electron chi connectivity index (χ4n) is 3.66. The van der Waals surface area contributed by atoms with Gasteiger partial charge in [0.2, 0.25) is 5.95 Å². The minimum absolute atomic E-state index is 0.0575. The summed E-state index contributed by atoms with van der Waals surface area (Å²) in [5.74, 6) is 0.105. The normalized spacial score (nSPS) is 19.5. The Kier molecular flexibility index (Phi) is 5.48. The van der Waals surface area contributed by atoms with Crippen LogP contribution in [0.4, 0.5) is 20.4 Å². The van der Waals surface area contributed by atoms with Crippen LogP contribution in [0, 0.1) is 6.92 Å². The van der Waals surface area contributed by atoms with Gasteiger partial charge in [-0.25, -0.2) is 23.4 Å². The van der Waals surface area contributed by atoms with Crippen LogP contribution in [-0.4, -0.2) is 36.2 Å². The Balaban J connectivity index is 1.58. The van der Waals surface area contributed by atoms with Crippen molar-refractivity contribution in [1.29, 1.82) is 0 Å². The Hall–Kier alpha value is -2.94. The lowest BCUT2D eigenvalue weighted by molar-refractivity contribution is 0.0685. The van der Waals surface area contributed by atoms with Crippen LogP contribution in [-0.2, 0) is 0 Å². The van der Waals surface area contributed by atoms with E-state index in [1.165, 1.54) is 12.3 Å². The van der Waals surface area contributed by atoms with Gasteiger partial charge in [-0.15, -0.1) is 5.10 Å². The first-order valence-electron chi connectivity index (χ1n) is 9.59. The van der Waals surface area contributed by atoms with Crippen LogP contribution in [0.15, 0.2) is 36.7 Å². The molecule has 0 saturated heterocycles. The summed E-state index contributed by atoms with van der Waals surface area (Å²) in [6.45, 7) is 1.93. The van der Waals surface area contributed by atoms with E-state index in [0.29, 0.717) is 11.4 Å². The molecule has 0 amide bonds. The number of alkyl halides is 2. The molecule has 0 aliphatic heterocycles. The number of hydrogen-bond donors (Lipinski definition) is 2. The van der Waals surface area contributed by atoms with Crippen LogP contribution < -0.4 is 5.32 Å². The average molecular weight is 400 g/mol. The maximum Gasteiger partial charge on any atom is 0.280 e. The molecule has 9 heteroatoms. The Morgan fingerprint density at radius 3 is 2.83 bits per heavy atom. The third-order valence-electron chi connectivity index (χ3n) is 5.07. The van der Waals surface area contributed by atoms with Crippen LogP contribution in [0.1, 0.15) is 49.4 Å². The summed E-state index contributed by atoms with van der Waals surface area (Å²) in [4.78, 5) is 7.85. The van der Waals surface area contributed by atoms with Crippen molar-refractivity contribution in [2.45, 2.75) is 51.2 Å². The van der Waals surface area contributed by atoms with E-state index in [1.54, 1.807) is 4.68 Å². The van der Waals surface area contributed by atoms with Crippen molar-refractivity contribution in [2.24, 2.45) is 0 Å². The van der Waals surface area contributed by atoms with E-state index in [0.717, 1.165) is 36.8 Å². The van der Waals surface area contributed by atoms with Gasteiger partial charge < -0.3 is 10.4 Å². The summed E-state index contributed by atoms with van der Waals surface area (Å²) in [7, 11) is 0. The van der Waals surface area contributed by atoms with Crippen LogP contribution >= 0.6 is 0 Å². The number of aryl methyl sites for hydroxylation is 1. The van der Waals surface area contributed by atoms with Gasteiger partial charge in [-0.2, -0.15) is 0 Å². The Morgan fingerprint density at radius 2 is 2.03 bits per heavy atom. The van der Waals surface area contributed by atoms with Gasteiger partial charge in [-0.1, -0.05) is 18.1 Å². The minimum Gasteiger partial charge on any atom is -0.391 e. The van der Waals surface area contributed by atoms with Gasteiger partial charge in [0.25, 0.3) is 6.43 Å². The topological polar surface area (TPSA) is 88.8 Å². The molecular formula is C20H22F2N6O. The number of hydrogen-bond acceptors (Lipinski definition) is 6. The van der Waals surface area contributed by atoms with Crippen molar-refractivity contribution in [1.82, 2.24) is 25.0 Å². The number of halogens is 2. The Bertz CT molecular complexity index is 993. The van der Waals surface area contributed by atoms with E-state index in [4.69, 9.17) is 0 Å². The summed E-state index contributed by atoms with van der Waals surface area (Å²) in [5.41, 5.74) is 2.80. The molecule has 2 atom stereocenters. The highest BCUT2D eigenvalue weighted by molar-refractivity contribution is 5.68. The fraction of sp³-hybridized carbons (Fsp3) is 0.400. The van der Waals surface area contributed by atoms with Crippen LogP contribution in [0.3, 0.4) is 0 Å². The number of benzene rings is 1. The van der Waals surface area contributed by atoms with E-state index in [-0.39, 0.29) is 17.7 Å². The van der Waals surface area contributed by atoms with Crippen molar-refractivity contribution >= 4 is 11.6 Å². The third kappa shape index (κ3) is 4.40. The standard InChI is InChI=1S/C20H22F2N6O/c1-12-8-13(16-11-28(27-26-16)17-4-2-3-5-18(17)29)10-14(9-12)24-20-23-7-6-15(25-20)19(21)22/h6-11,17-19,29H,2-5H2,1H3,(H,23,24,25)/t17-,18-/m1/s1. The first-order chi connectivity index (χ1) is 14.0. The van der Waals surface area contributed by atoms with E-state index in [2.05, 4.69) is 25.6 Å². The van der Waals surface area contributed by atoms with Gasteiger partial charge in [0.05, 0.1) is 18.3 Å². The highest BCUT2D eigenvalue weighted by Crippen LogP contribution is 2.30. The zero-order valence-corrected chi connectivity index (χ0v) is 16.0.